The molecule has 0 saturated carbocycles. The van der Waals surface area contributed by atoms with E-state index in [0.29, 0.717) is 6.04 Å². The molecular formula is C15H21N5O. The predicted molar refractivity (Wildman–Crippen MR) is 81.5 cm³/mol. The maximum Gasteiger partial charge on any atom is 0.157 e. The Morgan fingerprint density at radius 3 is 2.76 bits per heavy atom. The van der Waals surface area contributed by atoms with Crippen LogP contribution in [0.2, 0.25) is 0 Å². The Kier molecular flexibility index (Phi) is 3.48. The van der Waals surface area contributed by atoms with Crippen molar-refractivity contribution in [3.8, 4) is 0 Å². The Hall–Kier alpha value is -1.66. The monoisotopic (exact) mass is 287 g/mol. The molecule has 2 fully saturated rings. The van der Waals surface area contributed by atoms with E-state index in [2.05, 4.69) is 31.0 Å². The fraction of sp³-hybridized carbons (Fsp3) is 0.600. The normalized spacial score (nSPS) is 22.0. The van der Waals surface area contributed by atoms with Gasteiger partial charge >= 0.3 is 0 Å². The lowest BCUT2D eigenvalue weighted by Crippen LogP contribution is -2.49. The molecule has 4 heterocycles. The summed E-state index contributed by atoms with van der Waals surface area (Å²) in [6.07, 6.45) is 6.19. The molecule has 2 saturated heterocycles. The van der Waals surface area contributed by atoms with Crippen molar-refractivity contribution in [1.29, 1.82) is 0 Å². The number of aromatic nitrogens is 3. The quantitative estimate of drug-likeness (QED) is 0.901. The molecule has 2 aromatic heterocycles. The molecule has 2 aliphatic rings. The largest absolute Gasteiger partial charge is 0.379 e. The summed E-state index contributed by atoms with van der Waals surface area (Å²) in [5, 5.41) is 8.19. The molecule has 0 radical (unpaired) electrons. The molecule has 0 bridgehead atoms. The average Bonchev–Trinajstić information content (AvgIpc) is 3.04. The van der Waals surface area contributed by atoms with Gasteiger partial charge in [-0.05, 0) is 18.9 Å². The fourth-order valence-corrected chi connectivity index (χ4v) is 3.53. The molecule has 2 aromatic rings. The number of pyridine rings is 1. The minimum atomic E-state index is 0.715. The number of fused-ring (bicyclic) bond motifs is 1. The first kappa shape index (κ1) is 13.0. The van der Waals surface area contributed by atoms with Crippen molar-refractivity contribution in [3.05, 3.63) is 18.5 Å². The number of hydrogen-bond donors (Lipinski definition) is 1. The van der Waals surface area contributed by atoms with Crippen molar-refractivity contribution in [2.75, 3.05) is 44.3 Å². The van der Waals surface area contributed by atoms with Gasteiger partial charge in [-0.25, -0.2) is 4.98 Å². The van der Waals surface area contributed by atoms with Crippen molar-refractivity contribution >= 4 is 16.7 Å². The lowest BCUT2D eigenvalue weighted by atomic mass is 10.0. The molecule has 2 aliphatic heterocycles. The summed E-state index contributed by atoms with van der Waals surface area (Å²) >= 11 is 0. The summed E-state index contributed by atoms with van der Waals surface area (Å²) in [5.41, 5.74) is 2.14. The first-order valence-electron chi connectivity index (χ1n) is 7.76. The van der Waals surface area contributed by atoms with E-state index in [4.69, 9.17) is 4.74 Å². The number of piperidine rings is 1. The van der Waals surface area contributed by atoms with E-state index >= 15 is 0 Å². The number of aromatic amines is 1. The van der Waals surface area contributed by atoms with Crippen LogP contribution in [0.1, 0.15) is 12.8 Å². The van der Waals surface area contributed by atoms with Crippen LogP contribution in [-0.4, -0.2) is 65.5 Å². The summed E-state index contributed by atoms with van der Waals surface area (Å²) in [4.78, 5) is 9.39. The van der Waals surface area contributed by atoms with Crippen LogP contribution in [0.4, 0.5) is 5.69 Å². The number of rotatable bonds is 2. The van der Waals surface area contributed by atoms with Gasteiger partial charge in [0.2, 0.25) is 0 Å². The molecule has 0 spiro atoms. The summed E-state index contributed by atoms with van der Waals surface area (Å²) in [6, 6.07) is 2.82. The molecule has 1 N–H and O–H groups in total. The second-order valence-corrected chi connectivity index (χ2v) is 5.83. The van der Waals surface area contributed by atoms with Gasteiger partial charge in [0.05, 0.1) is 30.5 Å². The molecular weight excluding hydrogens is 266 g/mol. The Balaban J connectivity index is 1.46. The highest BCUT2D eigenvalue weighted by Gasteiger charge is 2.26. The van der Waals surface area contributed by atoms with Crippen LogP contribution in [0, 0.1) is 0 Å². The maximum atomic E-state index is 5.45. The van der Waals surface area contributed by atoms with E-state index < -0.39 is 0 Å². The molecule has 112 valence electrons. The van der Waals surface area contributed by atoms with Crippen molar-refractivity contribution in [2.24, 2.45) is 0 Å². The van der Waals surface area contributed by atoms with Crippen molar-refractivity contribution in [1.82, 2.24) is 20.1 Å². The maximum absolute atomic E-state index is 5.45. The minimum Gasteiger partial charge on any atom is -0.379 e. The first-order chi connectivity index (χ1) is 10.4. The number of nitrogens with zero attached hydrogens (tertiary/aromatic N) is 4. The van der Waals surface area contributed by atoms with Crippen LogP contribution in [0.5, 0.6) is 0 Å². The highest BCUT2D eigenvalue weighted by molar-refractivity contribution is 5.88. The third kappa shape index (κ3) is 2.49. The van der Waals surface area contributed by atoms with Crippen LogP contribution in [0.3, 0.4) is 0 Å². The van der Waals surface area contributed by atoms with Gasteiger partial charge in [0, 0.05) is 38.4 Å². The van der Waals surface area contributed by atoms with Gasteiger partial charge in [-0.2, -0.15) is 5.10 Å². The zero-order valence-electron chi connectivity index (χ0n) is 12.2. The molecule has 0 amide bonds. The van der Waals surface area contributed by atoms with Crippen LogP contribution < -0.4 is 4.90 Å². The molecule has 6 heteroatoms. The van der Waals surface area contributed by atoms with Crippen LogP contribution in [0.25, 0.3) is 11.0 Å². The average molecular weight is 287 g/mol. The Labute approximate surface area is 124 Å². The summed E-state index contributed by atoms with van der Waals surface area (Å²) in [5.74, 6) is 0. The van der Waals surface area contributed by atoms with Gasteiger partial charge in [0.25, 0.3) is 0 Å². The van der Waals surface area contributed by atoms with E-state index in [9.17, 15) is 0 Å². The van der Waals surface area contributed by atoms with Gasteiger partial charge in [0.15, 0.2) is 5.65 Å². The standard InChI is InChI=1S/C15H21N5O/c1-4-16-15-13(11-17-18-15)14(1)20-5-2-12(3-6-20)19-7-9-21-10-8-19/h1,4,11-12H,2-3,5-10H2,(H,16,17,18). The molecule has 0 aromatic carbocycles. The molecule has 0 aliphatic carbocycles. The predicted octanol–water partition coefficient (Wildman–Crippen LogP) is 1.26. The molecule has 0 atom stereocenters. The van der Waals surface area contributed by atoms with Crippen LogP contribution >= 0.6 is 0 Å². The Morgan fingerprint density at radius 2 is 1.95 bits per heavy atom. The molecule has 0 unspecified atom stereocenters. The minimum absolute atomic E-state index is 0.715. The smallest absolute Gasteiger partial charge is 0.157 e. The summed E-state index contributed by atoms with van der Waals surface area (Å²) in [7, 11) is 0. The number of hydrogen-bond acceptors (Lipinski definition) is 5. The highest BCUT2D eigenvalue weighted by Crippen LogP contribution is 2.28. The van der Waals surface area contributed by atoms with Gasteiger partial charge < -0.3 is 9.64 Å². The number of anilines is 1. The molecule has 21 heavy (non-hydrogen) atoms. The van der Waals surface area contributed by atoms with Crippen molar-refractivity contribution in [3.63, 3.8) is 0 Å². The second-order valence-electron chi connectivity index (χ2n) is 5.83. The third-order valence-electron chi connectivity index (χ3n) is 4.70. The van der Waals surface area contributed by atoms with E-state index in [0.717, 1.165) is 50.4 Å². The second kappa shape index (κ2) is 5.61. The topological polar surface area (TPSA) is 57.3 Å². The van der Waals surface area contributed by atoms with E-state index in [1.165, 1.54) is 18.5 Å². The lowest BCUT2D eigenvalue weighted by Gasteiger charge is -2.40. The number of ether oxygens (including phenoxy) is 1. The van der Waals surface area contributed by atoms with E-state index in [1.54, 1.807) is 0 Å². The number of nitrogens with one attached hydrogen (secondary N) is 1. The molecule has 6 nitrogen and oxygen atoms in total. The molecule has 4 rings (SSSR count). The Bertz CT molecular complexity index is 599. The number of morpholine rings is 1. The lowest BCUT2D eigenvalue weighted by molar-refractivity contribution is 0.0115. The van der Waals surface area contributed by atoms with Gasteiger partial charge in [-0.15, -0.1) is 0 Å². The SMILES string of the molecule is c1cc(N2CCC(N3CCOCC3)CC2)c2cn[nH]c2n1. The van der Waals surface area contributed by atoms with Gasteiger partial charge in [-0.1, -0.05) is 0 Å². The third-order valence-corrected chi connectivity index (χ3v) is 4.70. The van der Waals surface area contributed by atoms with Crippen molar-refractivity contribution in [2.45, 2.75) is 18.9 Å². The van der Waals surface area contributed by atoms with E-state index in [1.807, 2.05) is 12.4 Å². The summed E-state index contributed by atoms with van der Waals surface area (Å²) in [6.45, 7) is 6.16. The zero-order chi connectivity index (χ0) is 14.1. The van der Waals surface area contributed by atoms with Gasteiger partial charge in [0.1, 0.15) is 0 Å². The Morgan fingerprint density at radius 1 is 1.14 bits per heavy atom. The van der Waals surface area contributed by atoms with Gasteiger partial charge in [-0.3, -0.25) is 10.00 Å². The van der Waals surface area contributed by atoms with E-state index in [-0.39, 0.29) is 0 Å². The summed E-state index contributed by atoms with van der Waals surface area (Å²) < 4.78 is 5.45. The van der Waals surface area contributed by atoms with Crippen LogP contribution in [0.15, 0.2) is 18.5 Å². The number of H-pyrrole nitrogens is 1. The van der Waals surface area contributed by atoms with Crippen LogP contribution in [-0.2, 0) is 4.74 Å². The van der Waals surface area contributed by atoms with Crippen molar-refractivity contribution < 1.29 is 4.74 Å². The fourth-order valence-electron chi connectivity index (χ4n) is 3.53. The first-order valence-corrected chi connectivity index (χ1v) is 7.76. The highest BCUT2D eigenvalue weighted by atomic mass is 16.5. The zero-order valence-corrected chi connectivity index (χ0v) is 12.2.